The molecule has 0 atom stereocenters. The van der Waals surface area contributed by atoms with E-state index in [4.69, 9.17) is 12.2 Å². The van der Waals surface area contributed by atoms with Crippen LogP contribution in [0.2, 0.25) is 0 Å². The maximum absolute atomic E-state index is 14.3. The highest BCUT2D eigenvalue weighted by Gasteiger charge is 2.36. The lowest BCUT2D eigenvalue weighted by atomic mass is 10.1. The van der Waals surface area contributed by atoms with Gasteiger partial charge in [-0.3, -0.25) is 9.69 Å². The molecule has 0 N–H and O–H groups in total. The SMILES string of the molecule is CN1C(=S)N(c2ccccc2)C(=O)/C1=C/c1cn(Cc2ccccc2F)c2ccc(Br)cc12. The minimum atomic E-state index is -0.245. The van der Waals surface area contributed by atoms with Crippen LogP contribution in [0.4, 0.5) is 10.1 Å². The molecule has 1 amide bonds. The van der Waals surface area contributed by atoms with Crippen molar-refractivity contribution < 1.29 is 9.18 Å². The summed E-state index contributed by atoms with van der Waals surface area (Å²) >= 11 is 9.12. The van der Waals surface area contributed by atoms with Gasteiger partial charge < -0.3 is 9.47 Å². The van der Waals surface area contributed by atoms with Crippen molar-refractivity contribution >= 4 is 61.8 Å². The van der Waals surface area contributed by atoms with Crippen LogP contribution in [0.1, 0.15) is 11.1 Å². The van der Waals surface area contributed by atoms with Crippen molar-refractivity contribution in [3.05, 3.63) is 106 Å². The lowest BCUT2D eigenvalue weighted by Gasteiger charge is -2.16. The van der Waals surface area contributed by atoms with Crippen molar-refractivity contribution in [3.8, 4) is 0 Å². The fraction of sp³-hybridized carbons (Fsp3) is 0.0769. The lowest BCUT2D eigenvalue weighted by Crippen LogP contribution is -2.30. The van der Waals surface area contributed by atoms with Crippen molar-refractivity contribution in [3.63, 3.8) is 0 Å². The normalized spacial score (nSPS) is 15.3. The number of carbonyl (C=O) groups is 1. The van der Waals surface area contributed by atoms with Gasteiger partial charge in [0.05, 0.1) is 12.2 Å². The van der Waals surface area contributed by atoms with Crippen molar-refractivity contribution in [1.82, 2.24) is 9.47 Å². The van der Waals surface area contributed by atoms with Gasteiger partial charge in [-0.05, 0) is 54.7 Å². The Balaban J connectivity index is 1.60. The molecular formula is C26H19BrFN3OS. The maximum Gasteiger partial charge on any atom is 0.281 e. The van der Waals surface area contributed by atoms with Gasteiger partial charge in [-0.2, -0.15) is 0 Å². The van der Waals surface area contributed by atoms with Crippen LogP contribution < -0.4 is 4.90 Å². The Labute approximate surface area is 204 Å². The fourth-order valence-corrected chi connectivity index (χ4v) is 4.71. The largest absolute Gasteiger partial charge is 0.342 e. The van der Waals surface area contributed by atoms with Gasteiger partial charge in [-0.25, -0.2) is 4.39 Å². The first-order chi connectivity index (χ1) is 15.9. The molecule has 5 rings (SSSR count). The van der Waals surface area contributed by atoms with E-state index in [1.165, 1.54) is 11.0 Å². The topological polar surface area (TPSA) is 28.5 Å². The third kappa shape index (κ3) is 3.87. The number of amides is 1. The van der Waals surface area contributed by atoms with E-state index in [-0.39, 0.29) is 11.7 Å². The fourth-order valence-electron chi connectivity index (χ4n) is 4.06. The third-order valence-electron chi connectivity index (χ3n) is 5.74. The van der Waals surface area contributed by atoms with E-state index >= 15 is 0 Å². The molecule has 7 heteroatoms. The van der Waals surface area contributed by atoms with E-state index in [0.29, 0.717) is 22.9 Å². The second kappa shape index (κ2) is 8.57. The van der Waals surface area contributed by atoms with Crippen molar-refractivity contribution in [2.24, 2.45) is 0 Å². The number of aromatic nitrogens is 1. The minimum Gasteiger partial charge on any atom is -0.342 e. The zero-order valence-corrected chi connectivity index (χ0v) is 20.1. The van der Waals surface area contributed by atoms with Crippen LogP contribution in [-0.2, 0) is 11.3 Å². The zero-order chi connectivity index (χ0) is 23.1. The molecule has 164 valence electrons. The highest BCUT2D eigenvalue weighted by atomic mass is 79.9. The summed E-state index contributed by atoms with van der Waals surface area (Å²) in [5, 5.41) is 1.38. The summed E-state index contributed by atoms with van der Waals surface area (Å²) in [6.07, 6.45) is 3.80. The predicted octanol–water partition coefficient (Wildman–Crippen LogP) is 6.20. The number of anilines is 1. The van der Waals surface area contributed by atoms with Crippen LogP contribution in [0.3, 0.4) is 0 Å². The van der Waals surface area contributed by atoms with Crippen LogP contribution in [0.5, 0.6) is 0 Å². The van der Waals surface area contributed by atoms with E-state index in [1.807, 2.05) is 71.4 Å². The van der Waals surface area contributed by atoms with Gasteiger partial charge >= 0.3 is 0 Å². The number of halogens is 2. The molecule has 3 aromatic carbocycles. The molecule has 1 aliphatic rings. The summed E-state index contributed by atoms with van der Waals surface area (Å²) in [6.45, 7) is 0.381. The Morgan fingerprint density at radius 1 is 1.03 bits per heavy atom. The molecule has 0 spiro atoms. The van der Waals surface area contributed by atoms with Gasteiger partial charge in [0.15, 0.2) is 5.11 Å². The Kier molecular flexibility index (Phi) is 5.60. The molecule has 1 saturated heterocycles. The summed E-state index contributed by atoms with van der Waals surface area (Å²) in [5.74, 6) is -0.426. The number of hydrogen-bond donors (Lipinski definition) is 0. The molecule has 4 nitrogen and oxygen atoms in total. The number of para-hydroxylation sites is 1. The van der Waals surface area contributed by atoms with E-state index in [0.717, 1.165) is 26.6 Å². The summed E-state index contributed by atoms with van der Waals surface area (Å²) in [4.78, 5) is 16.6. The van der Waals surface area contributed by atoms with Gasteiger partial charge in [0.1, 0.15) is 11.5 Å². The minimum absolute atomic E-state index is 0.182. The van der Waals surface area contributed by atoms with Gasteiger partial charge in [0, 0.05) is 39.7 Å². The average Bonchev–Trinajstić information content (AvgIpc) is 3.25. The maximum atomic E-state index is 14.3. The molecule has 2 heterocycles. The lowest BCUT2D eigenvalue weighted by molar-refractivity contribution is -0.114. The Hall–Kier alpha value is -3.29. The first-order valence-corrected chi connectivity index (χ1v) is 11.5. The smallest absolute Gasteiger partial charge is 0.281 e. The van der Waals surface area contributed by atoms with E-state index in [1.54, 1.807) is 24.1 Å². The Morgan fingerprint density at radius 3 is 2.52 bits per heavy atom. The summed E-state index contributed by atoms with van der Waals surface area (Å²) in [5.41, 5.74) is 3.61. The molecule has 33 heavy (non-hydrogen) atoms. The number of benzene rings is 3. The number of thiocarbonyl (C=S) groups is 1. The number of carbonyl (C=O) groups excluding carboxylic acids is 1. The van der Waals surface area contributed by atoms with E-state index in [2.05, 4.69) is 15.9 Å². The molecule has 1 aliphatic heterocycles. The quantitative estimate of drug-likeness (QED) is 0.237. The van der Waals surface area contributed by atoms with Gasteiger partial charge in [-0.1, -0.05) is 52.3 Å². The van der Waals surface area contributed by atoms with Gasteiger partial charge in [0.25, 0.3) is 5.91 Å². The summed E-state index contributed by atoms with van der Waals surface area (Å²) in [6, 6.07) is 22.1. The highest BCUT2D eigenvalue weighted by Crippen LogP contribution is 2.32. The van der Waals surface area contributed by atoms with Crippen LogP contribution in [0.15, 0.2) is 89.2 Å². The Morgan fingerprint density at radius 2 is 1.76 bits per heavy atom. The molecule has 0 saturated carbocycles. The number of hydrogen-bond acceptors (Lipinski definition) is 2. The van der Waals surface area contributed by atoms with Crippen molar-refractivity contribution in [2.45, 2.75) is 6.54 Å². The number of likely N-dealkylation sites (N-methyl/N-ethyl adjacent to an activating group) is 1. The molecule has 4 aromatic rings. The Bertz CT molecular complexity index is 1430. The molecular weight excluding hydrogens is 501 g/mol. The summed E-state index contributed by atoms with van der Waals surface area (Å²) < 4.78 is 17.2. The van der Waals surface area contributed by atoms with Crippen LogP contribution >= 0.6 is 28.1 Å². The van der Waals surface area contributed by atoms with Gasteiger partial charge in [0.2, 0.25) is 0 Å². The molecule has 0 radical (unpaired) electrons. The second-order valence-corrected chi connectivity index (χ2v) is 9.09. The molecule has 0 bridgehead atoms. The van der Waals surface area contributed by atoms with Crippen molar-refractivity contribution in [2.75, 3.05) is 11.9 Å². The van der Waals surface area contributed by atoms with E-state index < -0.39 is 0 Å². The molecule has 0 aliphatic carbocycles. The second-order valence-electron chi connectivity index (χ2n) is 7.81. The summed E-state index contributed by atoms with van der Waals surface area (Å²) in [7, 11) is 1.80. The van der Waals surface area contributed by atoms with Crippen LogP contribution in [-0.4, -0.2) is 27.5 Å². The number of nitrogens with zero attached hydrogens (tertiary/aromatic N) is 3. The first kappa shape index (κ1) is 21.6. The standard InChI is InChI=1S/C26H19BrFN3OS/c1-29-24(25(32)31(26(29)33)20-8-3-2-4-9-20)13-18-16-30(15-17-7-5-6-10-22(17)28)23-12-11-19(27)14-21(18)23/h2-14,16H,15H2,1H3/b24-13-. The average molecular weight is 520 g/mol. The van der Waals surface area contributed by atoms with Gasteiger partial charge in [-0.15, -0.1) is 0 Å². The molecule has 1 fully saturated rings. The predicted molar refractivity (Wildman–Crippen MR) is 137 cm³/mol. The molecule has 0 unspecified atom stereocenters. The van der Waals surface area contributed by atoms with Crippen molar-refractivity contribution in [1.29, 1.82) is 0 Å². The number of rotatable bonds is 4. The molecule has 1 aromatic heterocycles. The number of fused-ring (bicyclic) bond motifs is 1. The third-order valence-corrected chi connectivity index (χ3v) is 6.69. The highest BCUT2D eigenvalue weighted by molar-refractivity contribution is 9.10. The van der Waals surface area contributed by atoms with E-state index in [9.17, 15) is 9.18 Å². The zero-order valence-electron chi connectivity index (χ0n) is 17.7. The van der Waals surface area contributed by atoms with Crippen LogP contribution in [0, 0.1) is 5.82 Å². The monoisotopic (exact) mass is 519 g/mol. The first-order valence-electron chi connectivity index (χ1n) is 10.3. The van der Waals surface area contributed by atoms with Crippen LogP contribution in [0.25, 0.3) is 17.0 Å².